The van der Waals surface area contributed by atoms with Crippen molar-refractivity contribution in [3.63, 3.8) is 0 Å². The van der Waals surface area contributed by atoms with E-state index in [1.165, 1.54) is 7.11 Å². The molecule has 0 amide bonds. The molecule has 0 saturated carbocycles. The van der Waals surface area contributed by atoms with Crippen molar-refractivity contribution in [2.45, 2.75) is 24.3 Å². The van der Waals surface area contributed by atoms with Crippen LogP contribution < -0.4 is 9.46 Å². The zero-order valence-electron chi connectivity index (χ0n) is 14.3. The molecule has 2 heterocycles. The van der Waals surface area contributed by atoms with E-state index in [1.807, 2.05) is 25.1 Å². The van der Waals surface area contributed by atoms with Crippen LogP contribution in [0.15, 0.2) is 47.6 Å². The first-order valence-electron chi connectivity index (χ1n) is 8.13. The van der Waals surface area contributed by atoms with E-state index in [1.54, 1.807) is 24.5 Å². The Hall–Kier alpha value is -1.96. The van der Waals surface area contributed by atoms with E-state index in [2.05, 4.69) is 9.71 Å². The first-order chi connectivity index (χ1) is 12.0. The van der Waals surface area contributed by atoms with Gasteiger partial charge in [0.1, 0.15) is 10.6 Å². The molecule has 2 aromatic rings. The van der Waals surface area contributed by atoms with Gasteiger partial charge in [-0.3, -0.25) is 4.98 Å². The molecule has 134 valence electrons. The predicted octanol–water partition coefficient (Wildman–Crippen LogP) is 1.93. The molecule has 0 aliphatic carbocycles. The number of methoxy groups -OCH3 is 1. The summed E-state index contributed by atoms with van der Waals surface area (Å²) in [6, 6.07) is 8.71. The second kappa shape index (κ2) is 7.51. The fourth-order valence-electron chi connectivity index (χ4n) is 3.01. The Kier molecular flexibility index (Phi) is 5.36. The number of hydrogen-bond acceptors (Lipinski definition) is 5. The summed E-state index contributed by atoms with van der Waals surface area (Å²) in [7, 11) is -2.23. The summed E-state index contributed by atoms with van der Waals surface area (Å²) in [5.74, 6) is 0.413. The SMILES string of the molecule is COc1ccc(C)cc1S(=O)(=O)N[C@@H]1COC[C@H]1Cc1ccncc1. The first kappa shape index (κ1) is 17.8. The number of pyridine rings is 1. The van der Waals surface area contributed by atoms with Crippen LogP contribution in [0.2, 0.25) is 0 Å². The van der Waals surface area contributed by atoms with E-state index in [0.717, 1.165) is 17.5 Å². The number of rotatable bonds is 6. The van der Waals surface area contributed by atoms with E-state index in [9.17, 15) is 8.42 Å². The molecule has 1 aliphatic rings. The van der Waals surface area contributed by atoms with Crippen LogP contribution in [0.4, 0.5) is 0 Å². The first-order valence-corrected chi connectivity index (χ1v) is 9.61. The van der Waals surface area contributed by atoms with Crippen molar-refractivity contribution in [2.24, 2.45) is 5.92 Å². The fourth-order valence-corrected chi connectivity index (χ4v) is 4.55. The van der Waals surface area contributed by atoms with Gasteiger partial charge < -0.3 is 9.47 Å². The lowest BCUT2D eigenvalue weighted by atomic mass is 9.96. The summed E-state index contributed by atoms with van der Waals surface area (Å²) < 4.78 is 39.3. The lowest BCUT2D eigenvalue weighted by molar-refractivity contribution is 0.183. The van der Waals surface area contributed by atoms with Gasteiger partial charge in [0.05, 0.1) is 26.4 Å². The lowest BCUT2D eigenvalue weighted by Gasteiger charge is -2.20. The van der Waals surface area contributed by atoms with Crippen LogP contribution in [-0.4, -0.2) is 39.8 Å². The van der Waals surface area contributed by atoms with Gasteiger partial charge in [0.25, 0.3) is 0 Å². The Morgan fingerprint density at radius 2 is 2.00 bits per heavy atom. The van der Waals surface area contributed by atoms with Crippen LogP contribution in [0.25, 0.3) is 0 Å². The van der Waals surface area contributed by atoms with Crippen molar-refractivity contribution in [3.05, 3.63) is 53.9 Å². The number of ether oxygens (including phenoxy) is 2. The minimum atomic E-state index is -3.70. The molecule has 7 heteroatoms. The minimum Gasteiger partial charge on any atom is -0.495 e. The van der Waals surface area contributed by atoms with Crippen molar-refractivity contribution in [1.29, 1.82) is 0 Å². The summed E-state index contributed by atoms with van der Waals surface area (Å²) in [6.45, 7) is 2.74. The van der Waals surface area contributed by atoms with Gasteiger partial charge in [-0.05, 0) is 48.7 Å². The number of nitrogens with zero attached hydrogens (tertiary/aromatic N) is 1. The normalized spacial score (nSPS) is 20.6. The van der Waals surface area contributed by atoms with Crippen LogP contribution in [-0.2, 0) is 21.2 Å². The van der Waals surface area contributed by atoms with Gasteiger partial charge in [0, 0.05) is 18.3 Å². The highest BCUT2D eigenvalue weighted by atomic mass is 32.2. The zero-order chi connectivity index (χ0) is 17.9. The molecule has 6 nitrogen and oxygen atoms in total. The van der Waals surface area contributed by atoms with Gasteiger partial charge in [0.2, 0.25) is 10.0 Å². The molecule has 1 aromatic carbocycles. The Bertz CT molecular complexity index is 824. The number of benzene rings is 1. The average Bonchev–Trinajstić information content (AvgIpc) is 3.02. The van der Waals surface area contributed by atoms with Gasteiger partial charge in [-0.25, -0.2) is 13.1 Å². The summed E-state index contributed by atoms with van der Waals surface area (Å²) in [5.41, 5.74) is 1.97. The van der Waals surface area contributed by atoms with Crippen molar-refractivity contribution in [3.8, 4) is 5.75 Å². The van der Waals surface area contributed by atoms with Crippen molar-refractivity contribution in [2.75, 3.05) is 20.3 Å². The molecule has 1 aromatic heterocycles. The van der Waals surface area contributed by atoms with Crippen LogP contribution in [0.5, 0.6) is 5.75 Å². The van der Waals surface area contributed by atoms with Crippen LogP contribution >= 0.6 is 0 Å². The van der Waals surface area contributed by atoms with Crippen LogP contribution in [0.1, 0.15) is 11.1 Å². The Balaban J connectivity index is 1.79. The third kappa shape index (κ3) is 4.18. The molecule has 25 heavy (non-hydrogen) atoms. The highest BCUT2D eigenvalue weighted by Crippen LogP contribution is 2.27. The van der Waals surface area contributed by atoms with Gasteiger partial charge in [-0.2, -0.15) is 0 Å². The number of aryl methyl sites for hydroxylation is 1. The molecular weight excluding hydrogens is 340 g/mol. The summed E-state index contributed by atoms with van der Waals surface area (Å²) in [4.78, 5) is 4.17. The molecule has 2 atom stereocenters. The molecule has 0 radical (unpaired) electrons. The lowest BCUT2D eigenvalue weighted by Crippen LogP contribution is -2.40. The summed E-state index contributed by atoms with van der Waals surface area (Å²) in [6.07, 6.45) is 4.21. The highest BCUT2D eigenvalue weighted by molar-refractivity contribution is 7.89. The maximum Gasteiger partial charge on any atom is 0.244 e. The number of aromatic nitrogens is 1. The van der Waals surface area contributed by atoms with Gasteiger partial charge >= 0.3 is 0 Å². The van der Waals surface area contributed by atoms with Gasteiger partial charge in [0.15, 0.2) is 0 Å². The third-order valence-electron chi connectivity index (χ3n) is 4.36. The Morgan fingerprint density at radius 3 is 2.72 bits per heavy atom. The van der Waals surface area contributed by atoms with Gasteiger partial charge in [-0.1, -0.05) is 6.07 Å². The Labute approximate surface area is 148 Å². The number of sulfonamides is 1. The molecule has 0 spiro atoms. The second-order valence-electron chi connectivity index (χ2n) is 6.24. The second-order valence-corrected chi connectivity index (χ2v) is 7.92. The molecule has 1 N–H and O–H groups in total. The van der Waals surface area contributed by atoms with Crippen molar-refractivity contribution >= 4 is 10.0 Å². The van der Waals surface area contributed by atoms with E-state index in [0.29, 0.717) is 19.0 Å². The molecular formula is C18H22N2O4S. The molecule has 3 rings (SSSR count). The van der Waals surface area contributed by atoms with Crippen molar-refractivity contribution in [1.82, 2.24) is 9.71 Å². The predicted molar refractivity (Wildman–Crippen MR) is 94.1 cm³/mol. The fraction of sp³-hybridized carbons (Fsp3) is 0.389. The zero-order valence-corrected chi connectivity index (χ0v) is 15.1. The summed E-state index contributed by atoms with van der Waals surface area (Å²) in [5, 5.41) is 0. The topological polar surface area (TPSA) is 77.5 Å². The monoisotopic (exact) mass is 362 g/mol. The van der Waals surface area contributed by atoms with E-state index in [-0.39, 0.29) is 16.9 Å². The van der Waals surface area contributed by atoms with Gasteiger partial charge in [-0.15, -0.1) is 0 Å². The number of nitrogens with one attached hydrogen (secondary N) is 1. The minimum absolute atomic E-state index is 0.0768. The van der Waals surface area contributed by atoms with Crippen molar-refractivity contribution < 1.29 is 17.9 Å². The maximum atomic E-state index is 12.9. The third-order valence-corrected chi connectivity index (χ3v) is 5.87. The highest BCUT2D eigenvalue weighted by Gasteiger charge is 2.33. The maximum absolute atomic E-state index is 12.9. The molecule has 0 bridgehead atoms. The van der Waals surface area contributed by atoms with E-state index < -0.39 is 10.0 Å². The molecule has 1 fully saturated rings. The average molecular weight is 362 g/mol. The smallest absolute Gasteiger partial charge is 0.244 e. The molecule has 0 unspecified atom stereocenters. The largest absolute Gasteiger partial charge is 0.495 e. The molecule has 1 aliphatic heterocycles. The van der Waals surface area contributed by atoms with E-state index in [4.69, 9.17) is 9.47 Å². The van der Waals surface area contributed by atoms with Crippen LogP contribution in [0.3, 0.4) is 0 Å². The molecule has 1 saturated heterocycles. The number of hydrogen-bond donors (Lipinski definition) is 1. The quantitative estimate of drug-likeness (QED) is 0.850. The standard InChI is InChI=1S/C18H22N2O4S/c1-13-3-4-17(23-2)18(9-13)25(21,22)20-16-12-24-11-15(16)10-14-5-7-19-8-6-14/h3-9,15-16,20H,10-12H2,1-2H3/t15-,16-/m1/s1. The summed E-state index contributed by atoms with van der Waals surface area (Å²) >= 11 is 0. The Morgan fingerprint density at radius 1 is 1.24 bits per heavy atom. The van der Waals surface area contributed by atoms with E-state index >= 15 is 0 Å². The van der Waals surface area contributed by atoms with Crippen LogP contribution in [0, 0.1) is 12.8 Å².